The number of carbonyl (C=O) groups excluding carboxylic acids is 1. The van der Waals surface area contributed by atoms with E-state index in [-0.39, 0.29) is 11.7 Å². The molecule has 1 aliphatic carbocycles. The van der Waals surface area contributed by atoms with Crippen molar-refractivity contribution in [3.8, 4) is 6.07 Å². The van der Waals surface area contributed by atoms with Gasteiger partial charge in [0.25, 0.3) is 0 Å². The molecule has 1 heterocycles. The van der Waals surface area contributed by atoms with E-state index in [1.807, 2.05) is 60.7 Å². The third kappa shape index (κ3) is 3.90. The lowest BCUT2D eigenvalue weighted by Crippen LogP contribution is -2.25. The van der Waals surface area contributed by atoms with E-state index in [0.717, 1.165) is 17.7 Å². The zero-order valence-electron chi connectivity index (χ0n) is 15.8. The lowest BCUT2D eigenvalue weighted by molar-refractivity contribution is -0.116. The molecule has 0 fully saturated rings. The Morgan fingerprint density at radius 3 is 2.52 bits per heavy atom. The quantitative estimate of drug-likeness (QED) is 0.459. The number of nitriles is 1. The van der Waals surface area contributed by atoms with Crippen LogP contribution in [0, 0.1) is 11.3 Å². The topological polar surface area (TPSA) is 86.5 Å². The zero-order chi connectivity index (χ0) is 20.1. The second-order valence-corrected chi connectivity index (χ2v) is 6.78. The number of Topliss-reactive ketones (excluding diaryl/α,β-unsaturated/α-hetero) is 1. The number of nitrogens with zero attached hydrogens (tertiary/aromatic N) is 2. The Hall–Kier alpha value is -3.85. The van der Waals surface area contributed by atoms with Crippen molar-refractivity contribution in [3.63, 3.8) is 0 Å². The van der Waals surface area contributed by atoms with E-state index in [4.69, 9.17) is 4.74 Å². The van der Waals surface area contributed by atoms with Gasteiger partial charge in [0, 0.05) is 18.4 Å². The van der Waals surface area contributed by atoms with Gasteiger partial charge < -0.3 is 10.2 Å². The van der Waals surface area contributed by atoms with Crippen LogP contribution in [0.15, 0.2) is 88.4 Å². The number of carbonyl (C=O) groups is 1. The van der Waals surface area contributed by atoms with Crippen LogP contribution in [0.2, 0.25) is 0 Å². The van der Waals surface area contributed by atoms with Gasteiger partial charge in [0.2, 0.25) is 5.88 Å². The Morgan fingerprint density at radius 2 is 1.79 bits per heavy atom. The van der Waals surface area contributed by atoms with Crippen molar-refractivity contribution in [1.29, 1.82) is 5.26 Å². The third-order valence-electron chi connectivity index (χ3n) is 4.93. The molecule has 29 heavy (non-hydrogen) atoms. The minimum Gasteiger partial charge on any atom is -0.442 e. The molecule has 6 nitrogen and oxygen atoms in total. The van der Waals surface area contributed by atoms with E-state index in [9.17, 15) is 10.1 Å². The number of hydrogen-bond acceptors (Lipinski definition) is 5. The van der Waals surface area contributed by atoms with Crippen LogP contribution in [0.1, 0.15) is 30.7 Å². The van der Waals surface area contributed by atoms with Crippen molar-refractivity contribution in [2.45, 2.75) is 25.2 Å². The van der Waals surface area contributed by atoms with Crippen LogP contribution in [0.3, 0.4) is 0 Å². The maximum absolute atomic E-state index is 12.7. The van der Waals surface area contributed by atoms with E-state index in [1.165, 1.54) is 6.34 Å². The molecule has 0 radical (unpaired) electrons. The molecule has 2 aliphatic rings. The Balaban J connectivity index is 1.64. The SMILES string of the molecule is N#CC1=C(/N=C\NNc2ccccc2)OC2=C(C(=O)CCC2)C1c1ccccc1. The fraction of sp³-hybridized carbons (Fsp3) is 0.174. The number of anilines is 1. The summed E-state index contributed by atoms with van der Waals surface area (Å²) in [6.07, 6.45) is 3.33. The average Bonchev–Trinajstić information content (AvgIpc) is 2.77. The molecule has 0 saturated carbocycles. The van der Waals surface area contributed by atoms with Crippen LogP contribution in [0.5, 0.6) is 0 Å². The molecule has 2 N–H and O–H groups in total. The van der Waals surface area contributed by atoms with E-state index in [1.54, 1.807) is 0 Å². The van der Waals surface area contributed by atoms with Crippen LogP contribution >= 0.6 is 0 Å². The molecule has 144 valence electrons. The summed E-state index contributed by atoms with van der Waals surface area (Å²) in [6, 6.07) is 21.4. The second kappa shape index (κ2) is 8.44. The summed E-state index contributed by atoms with van der Waals surface area (Å²) in [6.45, 7) is 0. The van der Waals surface area contributed by atoms with E-state index >= 15 is 0 Å². The molecule has 6 heteroatoms. The van der Waals surface area contributed by atoms with E-state index < -0.39 is 5.92 Å². The van der Waals surface area contributed by atoms with Gasteiger partial charge in [-0.1, -0.05) is 48.5 Å². The van der Waals surface area contributed by atoms with Crippen molar-refractivity contribution < 1.29 is 9.53 Å². The van der Waals surface area contributed by atoms with Gasteiger partial charge in [-0.25, -0.2) is 4.99 Å². The van der Waals surface area contributed by atoms with Crippen LogP contribution < -0.4 is 10.9 Å². The minimum atomic E-state index is -0.452. The van der Waals surface area contributed by atoms with Gasteiger partial charge in [0.05, 0.1) is 11.6 Å². The van der Waals surface area contributed by atoms with Crippen molar-refractivity contribution in [2.75, 3.05) is 5.43 Å². The Kier molecular flexibility index (Phi) is 5.39. The molecule has 1 atom stereocenters. The maximum atomic E-state index is 12.7. The van der Waals surface area contributed by atoms with Gasteiger partial charge in [0.1, 0.15) is 23.7 Å². The van der Waals surface area contributed by atoms with E-state index in [2.05, 4.69) is 21.9 Å². The summed E-state index contributed by atoms with van der Waals surface area (Å²) < 4.78 is 5.92. The summed E-state index contributed by atoms with van der Waals surface area (Å²) >= 11 is 0. The molecule has 2 aromatic carbocycles. The summed E-state index contributed by atoms with van der Waals surface area (Å²) in [5.41, 5.74) is 8.57. The third-order valence-corrected chi connectivity index (χ3v) is 4.93. The molecule has 0 aromatic heterocycles. The average molecular weight is 384 g/mol. The molecule has 4 rings (SSSR count). The van der Waals surface area contributed by atoms with E-state index in [0.29, 0.717) is 29.7 Å². The fourth-order valence-electron chi connectivity index (χ4n) is 3.62. The largest absolute Gasteiger partial charge is 0.442 e. The molecule has 1 aliphatic heterocycles. The molecule has 0 amide bonds. The highest BCUT2D eigenvalue weighted by atomic mass is 16.5. The Bertz CT molecular complexity index is 1030. The highest BCUT2D eigenvalue weighted by molar-refractivity contribution is 5.99. The second-order valence-electron chi connectivity index (χ2n) is 6.78. The Labute approximate surface area is 169 Å². The van der Waals surface area contributed by atoms with Crippen molar-refractivity contribution in [1.82, 2.24) is 5.43 Å². The number of hydrazine groups is 1. The molecule has 0 saturated heterocycles. The van der Waals surface area contributed by atoms with Gasteiger partial charge in [0.15, 0.2) is 5.78 Å². The van der Waals surface area contributed by atoms with Gasteiger partial charge in [-0.2, -0.15) is 5.26 Å². The van der Waals surface area contributed by atoms with Crippen LogP contribution in [-0.4, -0.2) is 12.1 Å². The van der Waals surface area contributed by atoms with Crippen molar-refractivity contribution in [2.24, 2.45) is 4.99 Å². The molecular formula is C23H20N4O2. The zero-order valence-corrected chi connectivity index (χ0v) is 15.8. The lowest BCUT2D eigenvalue weighted by Gasteiger charge is -2.30. The molecular weight excluding hydrogens is 364 g/mol. The molecule has 1 unspecified atom stereocenters. The van der Waals surface area contributed by atoms with Gasteiger partial charge >= 0.3 is 0 Å². The van der Waals surface area contributed by atoms with Crippen LogP contribution in [0.4, 0.5) is 5.69 Å². The number of hydrogen-bond donors (Lipinski definition) is 2. The molecule has 2 aromatic rings. The first-order chi connectivity index (χ1) is 14.3. The number of rotatable bonds is 5. The van der Waals surface area contributed by atoms with Gasteiger partial charge in [-0.3, -0.25) is 10.2 Å². The molecule has 0 bridgehead atoms. The lowest BCUT2D eigenvalue weighted by atomic mass is 9.77. The monoisotopic (exact) mass is 384 g/mol. The fourth-order valence-corrected chi connectivity index (χ4v) is 3.62. The first-order valence-electron chi connectivity index (χ1n) is 9.50. The number of benzene rings is 2. The van der Waals surface area contributed by atoms with Crippen LogP contribution in [-0.2, 0) is 9.53 Å². The first-order valence-corrected chi connectivity index (χ1v) is 9.50. The smallest absolute Gasteiger partial charge is 0.235 e. The summed E-state index contributed by atoms with van der Waals surface area (Å²) in [5, 5.41) is 9.87. The number of allylic oxidation sites excluding steroid dienone is 3. The predicted octanol–water partition coefficient (Wildman–Crippen LogP) is 4.19. The highest BCUT2D eigenvalue weighted by Gasteiger charge is 2.38. The number of para-hydroxylation sites is 1. The number of aliphatic imine (C=N–C) groups is 1. The van der Waals surface area contributed by atoms with Crippen molar-refractivity contribution >= 4 is 17.8 Å². The first kappa shape index (κ1) is 18.5. The normalized spacial score (nSPS) is 18.9. The van der Waals surface area contributed by atoms with Gasteiger partial charge in [-0.15, -0.1) is 0 Å². The standard InChI is InChI=1S/C23H20N4O2/c24-14-18-21(16-8-3-1-4-9-16)22-19(28)12-7-13-20(22)29-23(18)25-15-26-27-17-10-5-2-6-11-17/h1-6,8-11,15,21,27H,7,12-13H2,(H,25,26). The number of ether oxygens (including phenoxy) is 1. The summed E-state index contributed by atoms with van der Waals surface area (Å²) in [5.74, 6) is 0.432. The molecule has 0 spiro atoms. The van der Waals surface area contributed by atoms with Crippen LogP contribution in [0.25, 0.3) is 0 Å². The Morgan fingerprint density at radius 1 is 1.07 bits per heavy atom. The maximum Gasteiger partial charge on any atom is 0.235 e. The summed E-state index contributed by atoms with van der Waals surface area (Å²) in [7, 11) is 0. The highest BCUT2D eigenvalue weighted by Crippen LogP contribution is 2.44. The van der Waals surface area contributed by atoms with Gasteiger partial charge in [-0.05, 0) is 24.1 Å². The minimum absolute atomic E-state index is 0.0414. The summed E-state index contributed by atoms with van der Waals surface area (Å²) in [4.78, 5) is 17.0. The predicted molar refractivity (Wildman–Crippen MR) is 110 cm³/mol. The van der Waals surface area contributed by atoms with Crippen molar-refractivity contribution in [3.05, 3.63) is 89.0 Å². The number of ketones is 1. The number of nitrogens with one attached hydrogen (secondary N) is 2.